The van der Waals surface area contributed by atoms with Crippen LogP contribution in [-0.2, 0) is 19.0 Å². The number of benzene rings is 1. The van der Waals surface area contributed by atoms with Crippen LogP contribution < -0.4 is 0 Å². The highest BCUT2D eigenvalue weighted by Gasteiger charge is 2.32. The fourth-order valence-electron chi connectivity index (χ4n) is 1.82. The van der Waals surface area contributed by atoms with Crippen LogP contribution in [0.25, 0.3) is 0 Å². The lowest BCUT2D eigenvalue weighted by Gasteiger charge is -2.24. The second-order valence-corrected chi connectivity index (χ2v) is 3.70. The molecule has 0 aliphatic carbocycles. The molecule has 1 unspecified atom stereocenters. The molecule has 0 aromatic heterocycles. The van der Waals surface area contributed by atoms with Crippen molar-refractivity contribution in [1.82, 2.24) is 0 Å². The quantitative estimate of drug-likeness (QED) is 0.580. The van der Waals surface area contributed by atoms with Gasteiger partial charge in [0.05, 0.1) is 7.11 Å². The summed E-state index contributed by atoms with van der Waals surface area (Å²) < 4.78 is 15.1. The van der Waals surface area contributed by atoms with Crippen LogP contribution in [0.15, 0.2) is 24.3 Å². The Hall–Kier alpha value is -1.39. The summed E-state index contributed by atoms with van der Waals surface area (Å²) >= 11 is 0. The molecule has 1 rings (SSSR count). The molecule has 1 aromatic rings. The van der Waals surface area contributed by atoms with Crippen LogP contribution in [0.3, 0.4) is 0 Å². The Morgan fingerprint density at radius 2 is 1.71 bits per heavy atom. The number of methoxy groups -OCH3 is 3. The molecule has 1 atom stereocenters. The zero-order valence-electron chi connectivity index (χ0n) is 10.6. The summed E-state index contributed by atoms with van der Waals surface area (Å²) in [5, 5.41) is 0. The summed E-state index contributed by atoms with van der Waals surface area (Å²) in [5.41, 5.74) is 1.86. The summed E-state index contributed by atoms with van der Waals surface area (Å²) in [7, 11) is 4.36. The van der Waals surface area contributed by atoms with E-state index in [0.717, 1.165) is 11.1 Å². The summed E-state index contributed by atoms with van der Waals surface area (Å²) in [6, 6.07) is 7.61. The van der Waals surface area contributed by atoms with E-state index in [2.05, 4.69) is 0 Å². The van der Waals surface area contributed by atoms with Gasteiger partial charge in [0.25, 0.3) is 0 Å². The van der Waals surface area contributed by atoms with Crippen LogP contribution in [0.1, 0.15) is 17.0 Å². The van der Waals surface area contributed by atoms with E-state index in [4.69, 9.17) is 14.2 Å². The lowest BCUT2D eigenvalue weighted by Crippen LogP contribution is -2.31. The zero-order valence-corrected chi connectivity index (χ0v) is 10.6. The molecule has 4 nitrogen and oxygen atoms in total. The average Bonchev–Trinajstić information content (AvgIpc) is 2.36. The van der Waals surface area contributed by atoms with Gasteiger partial charge in [-0.2, -0.15) is 0 Å². The molecule has 94 valence electrons. The first-order valence-corrected chi connectivity index (χ1v) is 5.34. The van der Waals surface area contributed by atoms with E-state index < -0.39 is 12.2 Å². The molecule has 0 heterocycles. The van der Waals surface area contributed by atoms with E-state index >= 15 is 0 Å². The van der Waals surface area contributed by atoms with Gasteiger partial charge in [-0.25, -0.2) is 0 Å². The number of rotatable bonds is 5. The van der Waals surface area contributed by atoms with Crippen molar-refractivity contribution in [3.05, 3.63) is 35.4 Å². The van der Waals surface area contributed by atoms with Crippen molar-refractivity contribution in [3.8, 4) is 0 Å². The standard InChI is InChI=1S/C13H18O4/c1-9-7-5-6-8-10(9)11(12(14)15-2)13(16-3)17-4/h5-8,11,13H,1-4H3. The highest BCUT2D eigenvalue weighted by molar-refractivity contribution is 5.79. The van der Waals surface area contributed by atoms with Crippen LogP contribution in [0.2, 0.25) is 0 Å². The Bertz CT molecular complexity index is 371. The van der Waals surface area contributed by atoms with E-state index in [0.29, 0.717) is 0 Å². The smallest absolute Gasteiger partial charge is 0.318 e. The normalized spacial score (nSPS) is 12.5. The van der Waals surface area contributed by atoms with Gasteiger partial charge >= 0.3 is 5.97 Å². The number of hydrogen-bond acceptors (Lipinski definition) is 4. The van der Waals surface area contributed by atoms with Crippen molar-refractivity contribution >= 4 is 5.97 Å². The van der Waals surface area contributed by atoms with Gasteiger partial charge in [-0.05, 0) is 18.1 Å². The molecule has 0 radical (unpaired) electrons. The Balaban J connectivity index is 3.14. The lowest BCUT2D eigenvalue weighted by atomic mass is 9.94. The molecule has 0 bridgehead atoms. The van der Waals surface area contributed by atoms with Gasteiger partial charge in [0.1, 0.15) is 5.92 Å². The number of esters is 1. The molecule has 0 amide bonds. The fraction of sp³-hybridized carbons (Fsp3) is 0.462. The third-order valence-electron chi connectivity index (χ3n) is 2.72. The number of aryl methyl sites for hydroxylation is 1. The van der Waals surface area contributed by atoms with Crippen molar-refractivity contribution in [2.45, 2.75) is 19.1 Å². The molecule has 0 saturated heterocycles. The van der Waals surface area contributed by atoms with Crippen molar-refractivity contribution in [2.75, 3.05) is 21.3 Å². The van der Waals surface area contributed by atoms with Gasteiger partial charge in [-0.3, -0.25) is 4.79 Å². The second kappa shape index (κ2) is 6.37. The van der Waals surface area contributed by atoms with Crippen LogP contribution in [0.4, 0.5) is 0 Å². The van der Waals surface area contributed by atoms with Crippen LogP contribution in [-0.4, -0.2) is 33.6 Å². The predicted octanol–water partition coefficient (Wildman–Crippen LogP) is 1.87. The average molecular weight is 238 g/mol. The van der Waals surface area contributed by atoms with Crippen LogP contribution in [0, 0.1) is 6.92 Å². The number of carbonyl (C=O) groups is 1. The molecule has 0 fully saturated rings. The molecule has 17 heavy (non-hydrogen) atoms. The minimum atomic E-state index is -0.649. The van der Waals surface area contributed by atoms with Gasteiger partial charge in [-0.15, -0.1) is 0 Å². The van der Waals surface area contributed by atoms with Crippen molar-refractivity contribution in [2.24, 2.45) is 0 Å². The summed E-state index contributed by atoms with van der Waals surface area (Å²) in [4.78, 5) is 11.8. The van der Waals surface area contributed by atoms with E-state index in [1.54, 1.807) is 0 Å². The van der Waals surface area contributed by atoms with Crippen LogP contribution in [0.5, 0.6) is 0 Å². The Morgan fingerprint density at radius 1 is 1.12 bits per heavy atom. The van der Waals surface area contributed by atoms with Gasteiger partial charge in [0.15, 0.2) is 6.29 Å². The van der Waals surface area contributed by atoms with Gasteiger partial charge in [0.2, 0.25) is 0 Å². The molecule has 0 aliphatic rings. The first kappa shape index (κ1) is 13.7. The predicted molar refractivity (Wildman–Crippen MR) is 63.7 cm³/mol. The number of carbonyl (C=O) groups excluding carboxylic acids is 1. The van der Waals surface area contributed by atoms with Crippen molar-refractivity contribution < 1.29 is 19.0 Å². The summed E-state index contributed by atoms with van der Waals surface area (Å²) in [6.45, 7) is 1.94. The highest BCUT2D eigenvalue weighted by Crippen LogP contribution is 2.26. The largest absolute Gasteiger partial charge is 0.468 e. The summed E-state index contributed by atoms with van der Waals surface area (Å²) in [5.74, 6) is -0.941. The molecular formula is C13H18O4. The zero-order chi connectivity index (χ0) is 12.8. The van der Waals surface area contributed by atoms with Gasteiger partial charge in [-0.1, -0.05) is 24.3 Å². The van der Waals surface area contributed by atoms with Crippen molar-refractivity contribution in [1.29, 1.82) is 0 Å². The molecule has 0 spiro atoms. The molecule has 0 aliphatic heterocycles. The minimum absolute atomic E-state index is 0.368. The molecule has 4 heteroatoms. The second-order valence-electron chi connectivity index (χ2n) is 3.70. The molecular weight excluding hydrogens is 220 g/mol. The van der Waals surface area contributed by atoms with Gasteiger partial charge < -0.3 is 14.2 Å². The van der Waals surface area contributed by atoms with Crippen molar-refractivity contribution in [3.63, 3.8) is 0 Å². The van der Waals surface area contributed by atoms with E-state index in [1.807, 2.05) is 31.2 Å². The number of hydrogen-bond donors (Lipinski definition) is 0. The highest BCUT2D eigenvalue weighted by atomic mass is 16.7. The van der Waals surface area contributed by atoms with Crippen LogP contribution >= 0.6 is 0 Å². The first-order valence-electron chi connectivity index (χ1n) is 5.34. The Morgan fingerprint density at radius 3 is 2.18 bits per heavy atom. The molecule has 1 aromatic carbocycles. The molecule has 0 saturated carbocycles. The third kappa shape index (κ3) is 3.05. The minimum Gasteiger partial charge on any atom is -0.468 e. The first-order chi connectivity index (χ1) is 8.15. The van der Waals surface area contributed by atoms with E-state index in [-0.39, 0.29) is 5.97 Å². The Labute approximate surface area is 101 Å². The molecule has 0 N–H and O–H groups in total. The Kier molecular flexibility index (Phi) is 5.12. The summed E-state index contributed by atoms with van der Waals surface area (Å²) in [6.07, 6.45) is -0.649. The van der Waals surface area contributed by atoms with E-state index in [9.17, 15) is 4.79 Å². The number of ether oxygens (including phenoxy) is 3. The monoisotopic (exact) mass is 238 g/mol. The third-order valence-corrected chi connectivity index (χ3v) is 2.72. The van der Waals surface area contributed by atoms with Gasteiger partial charge in [0, 0.05) is 14.2 Å². The van der Waals surface area contributed by atoms with E-state index in [1.165, 1.54) is 21.3 Å². The maximum Gasteiger partial charge on any atom is 0.318 e. The maximum atomic E-state index is 11.8. The topological polar surface area (TPSA) is 44.8 Å². The SMILES string of the molecule is COC(=O)C(c1ccccc1C)C(OC)OC. The maximum absolute atomic E-state index is 11.8. The fourth-order valence-corrected chi connectivity index (χ4v) is 1.82. The lowest BCUT2D eigenvalue weighted by molar-refractivity contribution is -0.163.